The highest BCUT2D eigenvalue weighted by molar-refractivity contribution is 5.10. The van der Waals surface area contributed by atoms with Gasteiger partial charge in [-0.25, -0.2) is 0 Å². The topological polar surface area (TPSA) is 47.3 Å². The van der Waals surface area contributed by atoms with Crippen molar-refractivity contribution in [2.45, 2.75) is 64.2 Å². The first kappa shape index (κ1) is 13.6. The fourth-order valence-electron chi connectivity index (χ4n) is 2.84. The van der Waals surface area contributed by atoms with E-state index in [-0.39, 0.29) is 11.7 Å². The summed E-state index contributed by atoms with van der Waals surface area (Å²) < 4.78 is 7.53. The van der Waals surface area contributed by atoms with Crippen LogP contribution in [0.1, 0.15) is 44.0 Å². The van der Waals surface area contributed by atoms with Gasteiger partial charge in [0.25, 0.3) is 0 Å². The summed E-state index contributed by atoms with van der Waals surface area (Å²) in [5, 5.41) is 14.6. The Balaban J connectivity index is 1.96. The van der Waals surface area contributed by atoms with Crippen LogP contribution in [-0.4, -0.2) is 33.7 Å². The van der Waals surface area contributed by atoms with Crippen LogP contribution in [-0.2, 0) is 17.7 Å². The van der Waals surface area contributed by atoms with Gasteiger partial charge in [-0.3, -0.25) is 4.68 Å². The van der Waals surface area contributed by atoms with E-state index < -0.39 is 0 Å². The van der Waals surface area contributed by atoms with Gasteiger partial charge in [-0.05, 0) is 39.2 Å². The van der Waals surface area contributed by atoms with E-state index in [0.717, 1.165) is 37.2 Å². The highest BCUT2D eigenvalue weighted by Crippen LogP contribution is 2.39. The summed E-state index contributed by atoms with van der Waals surface area (Å²) in [4.78, 5) is 0. The van der Waals surface area contributed by atoms with Gasteiger partial charge in [0, 0.05) is 32.2 Å². The molecule has 18 heavy (non-hydrogen) atoms. The molecule has 4 heteroatoms. The van der Waals surface area contributed by atoms with Gasteiger partial charge in [-0.2, -0.15) is 5.10 Å². The average Bonchev–Trinajstić information content (AvgIpc) is 2.64. The molecule has 1 unspecified atom stereocenters. The van der Waals surface area contributed by atoms with E-state index >= 15 is 0 Å². The number of aliphatic hydroxyl groups is 1. The van der Waals surface area contributed by atoms with Crippen LogP contribution in [0.5, 0.6) is 0 Å². The molecule has 1 heterocycles. The van der Waals surface area contributed by atoms with Crippen LogP contribution in [0.15, 0.2) is 6.07 Å². The van der Waals surface area contributed by atoms with Crippen LogP contribution in [0.25, 0.3) is 0 Å². The summed E-state index contributed by atoms with van der Waals surface area (Å²) in [6.45, 7) is 4.92. The normalized spacial score (nSPS) is 19.6. The van der Waals surface area contributed by atoms with Crippen LogP contribution in [0, 0.1) is 6.92 Å². The summed E-state index contributed by atoms with van der Waals surface area (Å²) in [6, 6.07) is 2.06. The molecule has 1 aliphatic carbocycles. The van der Waals surface area contributed by atoms with Gasteiger partial charge in [0.1, 0.15) is 0 Å². The Morgan fingerprint density at radius 1 is 1.56 bits per heavy atom. The monoisotopic (exact) mass is 252 g/mol. The van der Waals surface area contributed by atoms with Crippen molar-refractivity contribution in [1.29, 1.82) is 0 Å². The number of aliphatic hydroxyl groups excluding tert-OH is 1. The summed E-state index contributed by atoms with van der Waals surface area (Å²) in [7, 11) is 1.76. The second-order valence-electron chi connectivity index (χ2n) is 5.40. The first-order valence-corrected chi connectivity index (χ1v) is 6.85. The predicted molar refractivity (Wildman–Crippen MR) is 70.6 cm³/mol. The largest absolute Gasteiger partial charge is 0.393 e. The fourth-order valence-corrected chi connectivity index (χ4v) is 2.84. The molecule has 0 saturated heterocycles. The molecule has 4 nitrogen and oxygen atoms in total. The lowest BCUT2D eigenvalue weighted by Gasteiger charge is -2.41. The minimum Gasteiger partial charge on any atom is -0.393 e. The Bertz CT molecular complexity index is 391. The summed E-state index contributed by atoms with van der Waals surface area (Å²) in [6.07, 6.45) is 4.43. The molecule has 0 aromatic carbocycles. The van der Waals surface area contributed by atoms with Gasteiger partial charge < -0.3 is 9.84 Å². The molecule has 1 aromatic heterocycles. The van der Waals surface area contributed by atoms with E-state index in [2.05, 4.69) is 18.1 Å². The first-order chi connectivity index (χ1) is 8.58. The van der Waals surface area contributed by atoms with Crippen LogP contribution in [0.3, 0.4) is 0 Å². The second kappa shape index (κ2) is 5.41. The van der Waals surface area contributed by atoms with Crippen molar-refractivity contribution in [2.24, 2.45) is 0 Å². The molecular formula is C14H24N2O2. The third-order valence-electron chi connectivity index (χ3n) is 4.04. The quantitative estimate of drug-likeness (QED) is 0.843. The molecule has 1 saturated carbocycles. The lowest BCUT2D eigenvalue weighted by atomic mass is 9.75. The Morgan fingerprint density at radius 2 is 2.28 bits per heavy atom. The molecule has 0 aliphatic heterocycles. The zero-order valence-corrected chi connectivity index (χ0v) is 11.6. The number of rotatable bonds is 6. The minimum atomic E-state index is -0.341. The van der Waals surface area contributed by atoms with E-state index in [1.807, 2.05) is 11.6 Å². The lowest BCUT2D eigenvalue weighted by Crippen LogP contribution is -2.42. The maximum atomic E-state index is 10.2. The summed E-state index contributed by atoms with van der Waals surface area (Å²) in [5.74, 6) is 0. The zero-order valence-electron chi connectivity index (χ0n) is 11.6. The second-order valence-corrected chi connectivity index (χ2v) is 5.40. The highest BCUT2D eigenvalue weighted by atomic mass is 16.5. The first-order valence-electron chi connectivity index (χ1n) is 6.85. The Hall–Kier alpha value is -0.870. The molecule has 1 atom stereocenters. The van der Waals surface area contributed by atoms with E-state index in [9.17, 15) is 5.11 Å². The molecular weight excluding hydrogens is 228 g/mol. The van der Waals surface area contributed by atoms with Gasteiger partial charge in [0.2, 0.25) is 0 Å². The molecule has 102 valence electrons. The lowest BCUT2D eigenvalue weighted by molar-refractivity contribution is -0.0990. The van der Waals surface area contributed by atoms with Crippen molar-refractivity contribution in [3.63, 3.8) is 0 Å². The summed E-state index contributed by atoms with van der Waals surface area (Å²) >= 11 is 0. The molecule has 1 fully saturated rings. The third-order valence-corrected chi connectivity index (χ3v) is 4.04. The number of hydrogen-bond donors (Lipinski definition) is 1. The highest BCUT2D eigenvalue weighted by Gasteiger charge is 2.38. The van der Waals surface area contributed by atoms with Crippen molar-refractivity contribution in [1.82, 2.24) is 9.78 Å². The number of hydrogen-bond acceptors (Lipinski definition) is 3. The van der Waals surface area contributed by atoms with E-state index in [1.165, 1.54) is 6.42 Å². The van der Waals surface area contributed by atoms with Crippen molar-refractivity contribution in [2.75, 3.05) is 7.11 Å². The van der Waals surface area contributed by atoms with Gasteiger partial charge in [0.05, 0.1) is 17.4 Å². The Labute approximate surface area is 109 Å². The maximum Gasteiger partial charge on any atom is 0.0703 e. The predicted octanol–water partition coefficient (Wildman–Crippen LogP) is 2.07. The minimum absolute atomic E-state index is 0.0640. The van der Waals surface area contributed by atoms with E-state index in [4.69, 9.17) is 4.74 Å². The third kappa shape index (κ3) is 2.75. The van der Waals surface area contributed by atoms with Crippen LogP contribution in [0.2, 0.25) is 0 Å². The molecule has 0 spiro atoms. The molecule has 2 rings (SSSR count). The molecule has 1 aromatic rings. The molecule has 1 N–H and O–H groups in total. The summed E-state index contributed by atoms with van der Waals surface area (Å²) in [5.41, 5.74) is 2.07. The van der Waals surface area contributed by atoms with Crippen molar-refractivity contribution >= 4 is 0 Å². The van der Waals surface area contributed by atoms with Crippen LogP contribution in [0.4, 0.5) is 0 Å². The molecule has 0 bridgehead atoms. The van der Waals surface area contributed by atoms with Crippen LogP contribution < -0.4 is 0 Å². The number of aryl methyl sites for hydroxylation is 2. The molecule has 1 aliphatic rings. The Kier molecular flexibility index (Phi) is 4.07. The van der Waals surface area contributed by atoms with Gasteiger partial charge in [0.15, 0.2) is 0 Å². The van der Waals surface area contributed by atoms with Gasteiger partial charge in [-0.15, -0.1) is 0 Å². The van der Waals surface area contributed by atoms with E-state index in [0.29, 0.717) is 6.42 Å². The average molecular weight is 252 g/mol. The zero-order chi connectivity index (χ0) is 13.2. The van der Waals surface area contributed by atoms with Crippen molar-refractivity contribution in [3.8, 4) is 0 Å². The Morgan fingerprint density at radius 3 is 2.78 bits per heavy atom. The number of methoxy groups -OCH3 is 1. The number of aromatic nitrogens is 2. The van der Waals surface area contributed by atoms with E-state index in [1.54, 1.807) is 7.11 Å². The maximum absolute atomic E-state index is 10.2. The standard InChI is InChI=1S/C14H24N2O2/c1-4-16-12(8-11(2)15-16)9-13(17)10-14(18-3)6-5-7-14/h8,13,17H,4-7,9-10H2,1-3H3. The van der Waals surface area contributed by atoms with Crippen molar-refractivity contribution < 1.29 is 9.84 Å². The SMILES string of the molecule is CCn1nc(C)cc1CC(O)CC1(OC)CCC1. The van der Waals surface area contributed by atoms with Crippen LogP contribution >= 0.6 is 0 Å². The van der Waals surface area contributed by atoms with Gasteiger partial charge in [-0.1, -0.05) is 0 Å². The molecule has 0 radical (unpaired) electrons. The smallest absolute Gasteiger partial charge is 0.0703 e. The number of nitrogens with zero attached hydrogens (tertiary/aromatic N) is 2. The van der Waals surface area contributed by atoms with Gasteiger partial charge >= 0.3 is 0 Å². The molecule has 0 amide bonds. The number of ether oxygens (including phenoxy) is 1. The van der Waals surface area contributed by atoms with Crippen molar-refractivity contribution in [3.05, 3.63) is 17.5 Å². The fraction of sp³-hybridized carbons (Fsp3) is 0.786.